The van der Waals surface area contributed by atoms with Gasteiger partial charge >= 0.3 is 0 Å². The number of benzene rings is 8. The molecule has 0 radical (unpaired) electrons. The van der Waals surface area contributed by atoms with Crippen molar-refractivity contribution in [3.63, 3.8) is 0 Å². The predicted octanol–water partition coefficient (Wildman–Crippen LogP) is 12.4. The summed E-state index contributed by atoms with van der Waals surface area (Å²) in [6, 6.07) is 57.5. The van der Waals surface area contributed by atoms with Gasteiger partial charge < -0.3 is 4.57 Å². The molecule has 1 aromatic heterocycles. The van der Waals surface area contributed by atoms with Gasteiger partial charge in [0, 0.05) is 10.8 Å². The normalized spacial score (nSPS) is 14.7. The van der Waals surface area contributed by atoms with Crippen LogP contribution in [0.5, 0.6) is 0 Å². The lowest BCUT2D eigenvalue weighted by Crippen LogP contribution is -2.33. The van der Waals surface area contributed by atoms with Crippen LogP contribution >= 0.6 is 0 Å². The van der Waals surface area contributed by atoms with Gasteiger partial charge in [-0.1, -0.05) is 140 Å². The molecule has 0 bridgehead atoms. The Labute approximate surface area is 290 Å². The zero-order valence-electron chi connectivity index (χ0n) is 27.4. The van der Waals surface area contributed by atoms with Gasteiger partial charge in [-0.05, 0) is 114 Å². The molecule has 1 aliphatic heterocycles. The van der Waals surface area contributed by atoms with E-state index in [9.17, 15) is 0 Å². The number of hydrogen-bond acceptors (Lipinski definition) is 0. The first-order chi connectivity index (χ1) is 24.8. The highest BCUT2D eigenvalue weighted by atomic mass is 15.0. The number of aromatic nitrogens is 1. The van der Waals surface area contributed by atoms with Crippen molar-refractivity contribution in [1.82, 2.24) is 4.57 Å². The van der Waals surface area contributed by atoms with Crippen molar-refractivity contribution in [3.8, 4) is 27.9 Å². The minimum Gasteiger partial charge on any atom is -0.309 e. The monoisotopic (exact) mass is 633 g/mol. The molecule has 1 spiro atoms. The molecule has 1 heteroatoms. The molecule has 1 nitrogen and oxygen atoms in total. The van der Waals surface area contributed by atoms with Crippen LogP contribution in [0.4, 0.5) is 0 Å². The molecule has 0 amide bonds. The fourth-order valence-corrected chi connectivity index (χ4v) is 10.1. The first-order valence-corrected chi connectivity index (χ1v) is 17.8. The lowest BCUT2D eigenvalue weighted by Gasteiger charge is -2.39. The summed E-state index contributed by atoms with van der Waals surface area (Å²) in [6.07, 6.45) is 6.90. The standard InChI is InChI=1S/C49H31N/c1-2-14-34-32(12-1)33-13-3-4-15-35(33)40-28-30(24-26-36(34)40)31-25-27-46-41(29-31)39-18-11-22-45-48(39)50(46)47-23-10-9-21-44(47)49(45)42-19-7-5-16-37(42)38-17-6-8-20-43(38)49/h1-2,4-12,14-29H,3,13H2. The average Bonchev–Trinajstić information content (AvgIpc) is 3.68. The van der Waals surface area contributed by atoms with E-state index in [4.69, 9.17) is 0 Å². The molecule has 0 unspecified atom stereocenters. The van der Waals surface area contributed by atoms with Crippen LogP contribution in [0.1, 0.15) is 39.8 Å². The third-order valence-electron chi connectivity index (χ3n) is 12.0. The van der Waals surface area contributed by atoms with Gasteiger partial charge in [-0.3, -0.25) is 0 Å². The van der Waals surface area contributed by atoms with Gasteiger partial charge in [0.05, 0.1) is 22.1 Å². The van der Waals surface area contributed by atoms with E-state index in [0.29, 0.717) is 0 Å². The third kappa shape index (κ3) is 3.15. The van der Waals surface area contributed by atoms with Crippen LogP contribution in [0.2, 0.25) is 0 Å². The van der Waals surface area contributed by atoms with Crippen molar-refractivity contribution in [2.45, 2.75) is 18.3 Å². The molecule has 0 saturated heterocycles. The Morgan fingerprint density at radius 1 is 0.460 bits per heavy atom. The second kappa shape index (κ2) is 9.49. The minimum absolute atomic E-state index is 0.385. The lowest BCUT2D eigenvalue weighted by atomic mass is 9.65. The van der Waals surface area contributed by atoms with E-state index in [0.717, 1.165) is 12.8 Å². The molecule has 0 atom stereocenters. The number of fused-ring (bicyclic) bond motifs is 18. The van der Waals surface area contributed by atoms with Gasteiger partial charge in [0.2, 0.25) is 0 Å². The number of nitrogens with zero attached hydrogens (tertiary/aromatic N) is 1. The van der Waals surface area contributed by atoms with Crippen molar-refractivity contribution in [2.24, 2.45) is 0 Å². The summed E-state index contributed by atoms with van der Waals surface area (Å²) in [6.45, 7) is 0. The molecular formula is C49H31N. The molecule has 9 aromatic rings. The molecule has 0 fully saturated rings. The highest BCUT2D eigenvalue weighted by Crippen LogP contribution is 2.61. The van der Waals surface area contributed by atoms with Gasteiger partial charge in [0.15, 0.2) is 0 Å². The first kappa shape index (κ1) is 26.7. The van der Waals surface area contributed by atoms with Crippen LogP contribution in [0.25, 0.3) is 77.4 Å². The molecule has 3 aliphatic rings. The minimum atomic E-state index is -0.385. The van der Waals surface area contributed by atoms with Crippen molar-refractivity contribution >= 4 is 49.4 Å². The van der Waals surface area contributed by atoms with E-state index in [1.807, 2.05) is 0 Å². The number of allylic oxidation sites excluding steroid dienone is 1. The summed E-state index contributed by atoms with van der Waals surface area (Å²) in [5, 5.41) is 8.04. The van der Waals surface area contributed by atoms with Gasteiger partial charge in [-0.2, -0.15) is 0 Å². The Kier molecular flexibility index (Phi) is 5.08. The van der Waals surface area contributed by atoms with Gasteiger partial charge in [0.1, 0.15) is 0 Å². The summed E-state index contributed by atoms with van der Waals surface area (Å²) in [4.78, 5) is 0. The smallest absolute Gasteiger partial charge is 0.0754 e. The zero-order valence-corrected chi connectivity index (χ0v) is 27.4. The van der Waals surface area contributed by atoms with E-state index in [1.165, 1.54) is 105 Å². The molecule has 0 saturated carbocycles. The fourth-order valence-electron chi connectivity index (χ4n) is 10.1. The summed E-state index contributed by atoms with van der Waals surface area (Å²) < 4.78 is 2.54. The Balaban J connectivity index is 1.15. The van der Waals surface area contributed by atoms with Crippen LogP contribution in [0.15, 0.2) is 158 Å². The molecule has 50 heavy (non-hydrogen) atoms. The van der Waals surface area contributed by atoms with Crippen LogP contribution in [0.3, 0.4) is 0 Å². The molecular weight excluding hydrogens is 603 g/mol. The Bertz CT molecular complexity index is 2940. The van der Waals surface area contributed by atoms with Crippen molar-refractivity contribution in [1.29, 1.82) is 0 Å². The summed E-state index contributed by atoms with van der Waals surface area (Å²) >= 11 is 0. The van der Waals surface area contributed by atoms with E-state index < -0.39 is 0 Å². The van der Waals surface area contributed by atoms with Crippen LogP contribution in [-0.2, 0) is 11.8 Å². The molecule has 8 aromatic carbocycles. The average molecular weight is 634 g/mol. The number of aryl methyl sites for hydroxylation is 1. The van der Waals surface area contributed by atoms with Crippen LogP contribution in [0, 0.1) is 0 Å². The predicted molar refractivity (Wildman–Crippen MR) is 209 cm³/mol. The maximum absolute atomic E-state index is 2.54. The van der Waals surface area contributed by atoms with E-state index >= 15 is 0 Å². The van der Waals surface area contributed by atoms with Gasteiger partial charge in [-0.15, -0.1) is 0 Å². The van der Waals surface area contributed by atoms with Crippen molar-refractivity contribution in [3.05, 3.63) is 191 Å². The maximum Gasteiger partial charge on any atom is 0.0754 e. The lowest BCUT2D eigenvalue weighted by molar-refractivity contribution is 0.748. The van der Waals surface area contributed by atoms with Gasteiger partial charge in [-0.25, -0.2) is 0 Å². The van der Waals surface area contributed by atoms with Gasteiger partial charge in [0.25, 0.3) is 0 Å². The molecule has 12 rings (SSSR count). The summed E-state index contributed by atoms with van der Waals surface area (Å²) in [5.74, 6) is 0. The first-order valence-electron chi connectivity index (χ1n) is 17.8. The fraction of sp³-hybridized carbons (Fsp3) is 0.0612. The van der Waals surface area contributed by atoms with Crippen LogP contribution in [-0.4, -0.2) is 4.57 Å². The Hall–Kier alpha value is -6.18. The Morgan fingerprint density at radius 2 is 1.08 bits per heavy atom. The highest BCUT2D eigenvalue weighted by Gasteiger charge is 2.50. The van der Waals surface area contributed by atoms with Crippen LogP contribution < -0.4 is 0 Å². The number of para-hydroxylation sites is 2. The summed E-state index contributed by atoms with van der Waals surface area (Å²) in [5.41, 5.74) is 17.0. The quantitative estimate of drug-likeness (QED) is 0.159. The summed E-state index contributed by atoms with van der Waals surface area (Å²) in [7, 11) is 0. The molecule has 2 heterocycles. The second-order valence-corrected chi connectivity index (χ2v) is 14.3. The zero-order chi connectivity index (χ0) is 32.6. The van der Waals surface area contributed by atoms with E-state index in [-0.39, 0.29) is 5.41 Å². The SMILES string of the molecule is C1=Cc2c(c3ccccc3c3ccc(-c4ccc5c(c4)c4cccc6c4n5-c4ccccc4C64c5ccccc5-c5ccccc54)cc23)CC1. The number of rotatable bonds is 1. The number of hydrogen-bond donors (Lipinski definition) is 0. The van der Waals surface area contributed by atoms with E-state index in [1.54, 1.807) is 0 Å². The highest BCUT2D eigenvalue weighted by molar-refractivity contribution is 6.16. The molecule has 232 valence electrons. The third-order valence-corrected chi connectivity index (χ3v) is 12.0. The largest absolute Gasteiger partial charge is 0.309 e. The Morgan fingerprint density at radius 3 is 1.90 bits per heavy atom. The van der Waals surface area contributed by atoms with E-state index in [2.05, 4.69) is 168 Å². The topological polar surface area (TPSA) is 4.93 Å². The van der Waals surface area contributed by atoms with Crippen molar-refractivity contribution < 1.29 is 0 Å². The second-order valence-electron chi connectivity index (χ2n) is 14.3. The molecule has 0 N–H and O–H groups in total. The molecule has 2 aliphatic carbocycles. The van der Waals surface area contributed by atoms with Crippen molar-refractivity contribution in [2.75, 3.05) is 0 Å². The maximum atomic E-state index is 2.54.